The highest BCUT2D eigenvalue weighted by Crippen LogP contribution is 2.40. The second-order valence-electron chi connectivity index (χ2n) is 6.84. The molecule has 1 amide bonds. The van der Waals surface area contributed by atoms with E-state index in [0.29, 0.717) is 12.2 Å². The quantitative estimate of drug-likeness (QED) is 0.460. The van der Waals surface area contributed by atoms with Crippen molar-refractivity contribution in [3.63, 3.8) is 0 Å². The number of carbonyl (C=O) groups excluding carboxylic acids is 1. The third-order valence-electron chi connectivity index (χ3n) is 5.18. The van der Waals surface area contributed by atoms with E-state index in [-0.39, 0.29) is 11.9 Å². The number of hydrogen-bond donors (Lipinski definition) is 0. The predicted octanol–water partition coefficient (Wildman–Crippen LogP) is 5.28. The van der Waals surface area contributed by atoms with Crippen LogP contribution in [-0.4, -0.2) is 16.6 Å². The first-order valence-electron chi connectivity index (χ1n) is 9.04. The Morgan fingerprint density at radius 3 is 2.26 bits per heavy atom. The molecule has 0 bridgehead atoms. The molecule has 0 spiro atoms. The van der Waals surface area contributed by atoms with Crippen LogP contribution >= 0.6 is 0 Å². The van der Waals surface area contributed by atoms with Gasteiger partial charge in [0.1, 0.15) is 11.5 Å². The molecule has 0 aliphatic carbocycles. The lowest BCUT2D eigenvalue weighted by atomic mass is 9.90. The minimum Gasteiger partial charge on any atom is -0.463 e. The van der Waals surface area contributed by atoms with Crippen molar-refractivity contribution < 1.29 is 9.21 Å². The maximum absolute atomic E-state index is 12.4. The molecular formula is C23H18N2O2. The summed E-state index contributed by atoms with van der Waals surface area (Å²) < 4.78 is 5.54. The second-order valence-corrected chi connectivity index (χ2v) is 6.84. The van der Waals surface area contributed by atoms with Gasteiger partial charge in [-0.1, -0.05) is 48.5 Å². The highest BCUT2D eigenvalue weighted by molar-refractivity contribution is 6.06. The van der Waals surface area contributed by atoms with Crippen molar-refractivity contribution in [2.75, 3.05) is 0 Å². The molecule has 3 aromatic carbocycles. The molecule has 5 rings (SSSR count). The Kier molecular flexibility index (Phi) is 3.57. The average molecular weight is 354 g/mol. The first kappa shape index (κ1) is 15.8. The zero-order valence-corrected chi connectivity index (χ0v) is 14.9. The van der Waals surface area contributed by atoms with E-state index in [2.05, 4.69) is 35.4 Å². The second kappa shape index (κ2) is 6.09. The Labute approximate surface area is 156 Å². The number of furan rings is 1. The minimum absolute atomic E-state index is 0.0708. The Hall–Kier alpha value is -3.40. The van der Waals surface area contributed by atoms with E-state index in [0.717, 1.165) is 22.0 Å². The molecule has 0 N–H and O–H groups in total. The molecule has 1 aliphatic heterocycles. The van der Waals surface area contributed by atoms with Crippen molar-refractivity contribution in [3.05, 3.63) is 84.3 Å². The molecule has 4 aromatic rings. The van der Waals surface area contributed by atoms with Crippen molar-refractivity contribution >= 4 is 33.2 Å². The molecule has 1 aromatic heterocycles. The zero-order chi connectivity index (χ0) is 18.4. The van der Waals surface area contributed by atoms with Crippen molar-refractivity contribution in [2.45, 2.75) is 19.4 Å². The minimum atomic E-state index is -0.154. The van der Waals surface area contributed by atoms with Crippen LogP contribution in [0, 0.1) is 0 Å². The Morgan fingerprint density at radius 1 is 1.00 bits per heavy atom. The number of nitrogens with zero attached hydrogens (tertiary/aromatic N) is 2. The Bertz CT molecular complexity index is 1140. The lowest BCUT2D eigenvalue weighted by molar-refractivity contribution is -0.130. The molecule has 0 fully saturated rings. The SMILES string of the molecule is CC(=O)N1N=C(c2ccco2)CC1c1c2ccccc2cc2ccccc12. The Morgan fingerprint density at radius 2 is 1.67 bits per heavy atom. The molecule has 1 unspecified atom stereocenters. The number of rotatable bonds is 2. The van der Waals surface area contributed by atoms with E-state index in [1.807, 2.05) is 36.4 Å². The van der Waals surface area contributed by atoms with E-state index in [1.165, 1.54) is 10.8 Å². The molecule has 0 saturated carbocycles. The Balaban J connectivity index is 1.75. The molecule has 4 heteroatoms. The molecule has 2 heterocycles. The normalized spacial score (nSPS) is 16.9. The van der Waals surface area contributed by atoms with Crippen molar-refractivity contribution in [1.82, 2.24) is 5.01 Å². The van der Waals surface area contributed by atoms with Gasteiger partial charge in [-0.15, -0.1) is 0 Å². The average Bonchev–Trinajstić information content (AvgIpc) is 3.35. The molecule has 27 heavy (non-hydrogen) atoms. The number of benzene rings is 3. The van der Waals surface area contributed by atoms with Gasteiger partial charge in [0, 0.05) is 13.3 Å². The van der Waals surface area contributed by atoms with Crippen LogP contribution in [0.25, 0.3) is 21.5 Å². The largest absolute Gasteiger partial charge is 0.463 e. The van der Waals surface area contributed by atoms with Gasteiger partial charge in [0.05, 0.1) is 12.3 Å². The van der Waals surface area contributed by atoms with Gasteiger partial charge in [-0.05, 0) is 45.3 Å². The summed E-state index contributed by atoms with van der Waals surface area (Å²) in [5.41, 5.74) is 1.95. The molecule has 0 radical (unpaired) electrons. The smallest absolute Gasteiger partial charge is 0.240 e. The van der Waals surface area contributed by atoms with E-state index in [9.17, 15) is 4.79 Å². The topological polar surface area (TPSA) is 45.8 Å². The van der Waals surface area contributed by atoms with Crippen molar-refractivity contribution in [2.24, 2.45) is 5.10 Å². The van der Waals surface area contributed by atoms with Crippen LogP contribution in [0.2, 0.25) is 0 Å². The van der Waals surface area contributed by atoms with E-state index < -0.39 is 0 Å². The van der Waals surface area contributed by atoms with Gasteiger partial charge in [0.15, 0.2) is 0 Å². The summed E-state index contributed by atoms with van der Waals surface area (Å²) >= 11 is 0. The van der Waals surface area contributed by atoms with E-state index in [4.69, 9.17) is 4.42 Å². The number of fused-ring (bicyclic) bond motifs is 2. The fraction of sp³-hybridized carbons (Fsp3) is 0.130. The fourth-order valence-corrected chi connectivity index (χ4v) is 4.02. The summed E-state index contributed by atoms with van der Waals surface area (Å²) in [5, 5.41) is 10.9. The first-order valence-corrected chi connectivity index (χ1v) is 9.04. The summed E-state index contributed by atoms with van der Waals surface area (Å²) in [4.78, 5) is 12.4. The molecule has 1 atom stereocenters. The zero-order valence-electron chi connectivity index (χ0n) is 14.9. The summed E-state index contributed by atoms with van der Waals surface area (Å²) in [6.45, 7) is 1.56. The predicted molar refractivity (Wildman–Crippen MR) is 107 cm³/mol. The third kappa shape index (κ3) is 2.53. The van der Waals surface area contributed by atoms with Crippen LogP contribution in [0.3, 0.4) is 0 Å². The highest BCUT2D eigenvalue weighted by Gasteiger charge is 2.34. The summed E-state index contributed by atoms with van der Waals surface area (Å²) in [6, 6.07) is 22.4. The van der Waals surface area contributed by atoms with Gasteiger partial charge in [0.2, 0.25) is 5.91 Å². The third-order valence-corrected chi connectivity index (χ3v) is 5.18. The van der Waals surface area contributed by atoms with Gasteiger partial charge in [-0.25, -0.2) is 5.01 Å². The van der Waals surface area contributed by atoms with Crippen LogP contribution in [0.4, 0.5) is 0 Å². The number of hydrogen-bond acceptors (Lipinski definition) is 3. The fourth-order valence-electron chi connectivity index (χ4n) is 4.02. The molecule has 132 valence electrons. The number of amides is 1. The monoisotopic (exact) mass is 354 g/mol. The van der Waals surface area contributed by atoms with Gasteiger partial charge in [-0.2, -0.15) is 5.10 Å². The molecule has 0 saturated heterocycles. The van der Waals surface area contributed by atoms with E-state index >= 15 is 0 Å². The maximum Gasteiger partial charge on any atom is 0.240 e. The number of hydrazone groups is 1. The van der Waals surface area contributed by atoms with Crippen molar-refractivity contribution in [1.29, 1.82) is 0 Å². The lowest BCUT2D eigenvalue weighted by Gasteiger charge is -2.24. The molecular weight excluding hydrogens is 336 g/mol. The van der Waals surface area contributed by atoms with Crippen LogP contribution in [0.5, 0.6) is 0 Å². The highest BCUT2D eigenvalue weighted by atomic mass is 16.3. The lowest BCUT2D eigenvalue weighted by Crippen LogP contribution is -2.24. The standard InChI is InChI=1S/C23H18N2O2/c1-15(26)25-21(14-20(24-25)22-11-6-12-27-22)23-18-9-4-2-7-16(18)13-17-8-3-5-10-19(17)23/h2-13,21H,14H2,1H3. The van der Waals surface area contributed by atoms with E-state index in [1.54, 1.807) is 18.2 Å². The van der Waals surface area contributed by atoms with Gasteiger partial charge < -0.3 is 4.42 Å². The van der Waals surface area contributed by atoms with Crippen LogP contribution in [-0.2, 0) is 4.79 Å². The van der Waals surface area contributed by atoms with Crippen LogP contribution in [0.15, 0.2) is 82.5 Å². The first-order chi connectivity index (χ1) is 13.2. The van der Waals surface area contributed by atoms with Crippen molar-refractivity contribution in [3.8, 4) is 0 Å². The van der Waals surface area contributed by atoms with Crippen LogP contribution in [0.1, 0.15) is 30.7 Å². The summed E-state index contributed by atoms with van der Waals surface area (Å²) in [5.74, 6) is 0.645. The summed E-state index contributed by atoms with van der Waals surface area (Å²) in [7, 11) is 0. The van der Waals surface area contributed by atoms with Crippen LogP contribution < -0.4 is 0 Å². The maximum atomic E-state index is 12.4. The summed E-state index contributed by atoms with van der Waals surface area (Å²) in [6.07, 6.45) is 2.27. The van der Waals surface area contributed by atoms with Gasteiger partial charge in [0.25, 0.3) is 0 Å². The number of carbonyl (C=O) groups is 1. The molecule has 1 aliphatic rings. The molecule has 4 nitrogen and oxygen atoms in total. The van der Waals surface area contributed by atoms with Gasteiger partial charge in [-0.3, -0.25) is 4.79 Å². The van der Waals surface area contributed by atoms with Gasteiger partial charge >= 0.3 is 0 Å².